The van der Waals surface area contributed by atoms with E-state index in [1.807, 2.05) is 25.1 Å². The Morgan fingerprint density at radius 1 is 1.12 bits per heavy atom. The van der Waals surface area contributed by atoms with Gasteiger partial charge in [0.05, 0.1) is 18.7 Å². The van der Waals surface area contributed by atoms with Gasteiger partial charge in [-0.15, -0.1) is 11.3 Å². The first-order valence-corrected chi connectivity index (χ1v) is 11.5. The largest absolute Gasteiger partial charge is 0.480 e. The number of amides is 2. The third kappa shape index (κ3) is 6.71. The molecule has 9 heteroatoms. The normalized spacial score (nSPS) is 13.7. The number of carboxylic acids is 1. The second-order valence-electron chi connectivity index (χ2n) is 8.06. The van der Waals surface area contributed by atoms with Crippen molar-refractivity contribution in [1.29, 1.82) is 0 Å². The first kappa shape index (κ1) is 23.6. The summed E-state index contributed by atoms with van der Waals surface area (Å²) in [5, 5.41) is 15.7. The van der Waals surface area contributed by atoms with Crippen LogP contribution in [0.1, 0.15) is 57.9 Å². The molecule has 1 aromatic carbocycles. The van der Waals surface area contributed by atoms with E-state index in [0.29, 0.717) is 16.3 Å². The molecule has 1 aromatic heterocycles. The van der Waals surface area contributed by atoms with E-state index in [-0.39, 0.29) is 36.9 Å². The Bertz CT molecular complexity index is 1010. The molecule has 0 bridgehead atoms. The average Bonchev–Trinajstić information content (AvgIpc) is 3.44. The number of aryl methyl sites for hydroxylation is 1. The first-order valence-electron chi connectivity index (χ1n) is 10.6. The van der Waals surface area contributed by atoms with Crippen molar-refractivity contribution in [3.8, 4) is 0 Å². The molecule has 8 nitrogen and oxygen atoms in total. The van der Waals surface area contributed by atoms with Gasteiger partial charge in [0.15, 0.2) is 5.78 Å². The second kappa shape index (κ2) is 11.0. The average molecular weight is 458 g/mol. The van der Waals surface area contributed by atoms with Crippen LogP contribution in [0.2, 0.25) is 0 Å². The second-order valence-corrected chi connectivity index (χ2v) is 9.00. The molecule has 1 aliphatic rings. The maximum Gasteiger partial charge on any atom is 0.323 e. The Hall–Kier alpha value is -3.07. The summed E-state index contributed by atoms with van der Waals surface area (Å²) in [5.74, 6) is -0.941. The highest BCUT2D eigenvalue weighted by Crippen LogP contribution is 2.29. The summed E-state index contributed by atoms with van der Waals surface area (Å²) >= 11 is 1.33. The Balaban J connectivity index is 1.57. The van der Waals surface area contributed by atoms with E-state index in [4.69, 9.17) is 5.11 Å². The predicted molar refractivity (Wildman–Crippen MR) is 120 cm³/mol. The van der Waals surface area contributed by atoms with Gasteiger partial charge in [-0.05, 0) is 31.4 Å². The molecule has 1 aliphatic carbocycles. The van der Waals surface area contributed by atoms with Crippen LogP contribution in [0.15, 0.2) is 23.6 Å². The maximum absolute atomic E-state index is 13.0. The van der Waals surface area contributed by atoms with Crippen LogP contribution in [-0.2, 0) is 29.0 Å². The number of carbonyl (C=O) groups is 4. The number of carboxylic acid groups (broad SMARTS) is 1. The molecule has 1 saturated carbocycles. The number of nitrogens with one attached hydrogen (secondary N) is 2. The molecular weight excluding hydrogens is 430 g/mol. The van der Waals surface area contributed by atoms with E-state index in [9.17, 15) is 19.2 Å². The van der Waals surface area contributed by atoms with Crippen LogP contribution in [0.25, 0.3) is 0 Å². The van der Waals surface area contributed by atoms with Gasteiger partial charge < -0.3 is 15.7 Å². The molecule has 0 aliphatic heterocycles. The number of aromatic nitrogens is 1. The number of urea groups is 1. The van der Waals surface area contributed by atoms with E-state index in [1.54, 1.807) is 5.38 Å². The summed E-state index contributed by atoms with van der Waals surface area (Å²) in [6.45, 7) is 1.62. The van der Waals surface area contributed by atoms with Crippen LogP contribution in [0, 0.1) is 12.8 Å². The van der Waals surface area contributed by atoms with Crippen molar-refractivity contribution in [3.05, 3.63) is 51.0 Å². The van der Waals surface area contributed by atoms with Crippen molar-refractivity contribution in [1.82, 2.24) is 15.6 Å². The third-order valence-corrected chi connectivity index (χ3v) is 6.32. The number of ketones is 2. The summed E-state index contributed by atoms with van der Waals surface area (Å²) in [7, 11) is 0. The minimum atomic E-state index is -1.13. The number of Topliss-reactive ketones (excluding diaryl/α,β-unsaturated/α-hetero) is 2. The highest BCUT2D eigenvalue weighted by molar-refractivity contribution is 7.09. The van der Waals surface area contributed by atoms with Crippen molar-refractivity contribution in [3.63, 3.8) is 0 Å². The van der Waals surface area contributed by atoms with Crippen molar-refractivity contribution in [2.45, 2.75) is 52.0 Å². The van der Waals surface area contributed by atoms with Gasteiger partial charge in [-0.3, -0.25) is 14.4 Å². The molecule has 0 atom stereocenters. The van der Waals surface area contributed by atoms with Crippen LogP contribution in [0.3, 0.4) is 0 Å². The van der Waals surface area contributed by atoms with Crippen LogP contribution in [0.4, 0.5) is 4.79 Å². The monoisotopic (exact) mass is 457 g/mol. The Labute approximate surface area is 190 Å². The van der Waals surface area contributed by atoms with Crippen molar-refractivity contribution < 1.29 is 24.3 Å². The molecule has 0 spiro atoms. The summed E-state index contributed by atoms with van der Waals surface area (Å²) in [5.41, 5.74) is 3.04. The van der Waals surface area contributed by atoms with Gasteiger partial charge in [-0.1, -0.05) is 30.5 Å². The summed E-state index contributed by atoms with van der Waals surface area (Å²) in [6, 6.07) is 5.10. The van der Waals surface area contributed by atoms with Gasteiger partial charge >= 0.3 is 12.0 Å². The fraction of sp³-hybridized carbons (Fsp3) is 0.435. The maximum atomic E-state index is 13.0. The van der Waals surface area contributed by atoms with E-state index in [1.165, 1.54) is 11.3 Å². The fourth-order valence-corrected chi connectivity index (χ4v) is 4.65. The summed E-state index contributed by atoms with van der Waals surface area (Å²) in [6.07, 6.45) is 4.34. The van der Waals surface area contributed by atoms with Gasteiger partial charge in [-0.25, -0.2) is 9.78 Å². The van der Waals surface area contributed by atoms with Gasteiger partial charge in [0.1, 0.15) is 17.3 Å². The quantitative estimate of drug-likeness (QED) is 0.471. The highest BCUT2D eigenvalue weighted by Gasteiger charge is 2.26. The highest BCUT2D eigenvalue weighted by atomic mass is 32.1. The number of thiazole rings is 1. The van der Waals surface area contributed by atoms with Crippen LogP contribution >= 0.6 is 11.3 Å². The first-order chi connectivity index (χ1) is 15.3. The van der Waals surface area contributed by atoms with Gasteiger partial charge in [0, 0.05) is 23.3 Å². The Morgan fingerprint density at radius 3 is 2.59 bits per heavy atom. The standard InChI is InChI=1S/C23H27N3O5S/c1-14-6-7-16(19(8-14)22(30)15-4-2-3-5-15)9-18(27)10-20-26-17(13-32-20)11-24-23(31)25-12-21(28)29/h6-8,13,15H,2-5,9-12H2,1H3,(H,28,29)(H2,24,25,31). The molecule has 3 N–H and O–H groups in total. The molecule has 2 aromatic rings. The number of aliphatic carboxylic acids is 1. The summed E-state index contributed by atoms with van der Waals surface area (Å²) in [4.78, 5) is 52.0. The SMILES string of the molecule is Cc1ccc(CC(=O)Cc2nc(CNC(=O)NCC(=O)O)cs2)c(C(=O)C2CCCC2)c1. The molecule has 32 heavy (non-hydrogen) atoms. The molecule has 2 amide bonds. The fourth-order valence-electron chi connectivity index (χ4n) is 3.83. The molecule has 170 valence electrons. The van der Waals surface area contributed by atoms with Crippen LogP contribution in [-0.4, -0.2) is 40.2 Å². The van der Waals surface area contributed by atoms with E-state index < -0.39 is 18.5 Å². The smallest absolute Gasteiger partial charge is 0.323 e. The minimum Gasteiger partial charge on any atom is -0.480 e. The lowest BCUT2D eigenvalue weighted by molar-refractivity contribution is -0.135. The number of rotatable bonds is 10. The minimum absolute atomic E-state index is 0.0256. The van der Waals surface area contributed by atoms with Gasteiger partial charge in [0.25, 0.3) is 0 Å². The Kier molecular flexibility index (Phi) is 8.10. The van der Waals surface area contributed by atoms with Crippen LogP contribution in [0.5, 0.6) is 0 Å². The van der Waals surface area contributed by atoms with Gasteiger partial charge in [0.2, 0.25) is 0 Å². The summed E-state index contributed by atoms with van der Waals surface area (Å²) < 4.78 is 0. The lowest BCUT2D eigenvalue weighted by Crippen LogP contribution is -2.38. The van der Waals surface area contributed by atoms with Crippen molar-refractivity contribution >= 4 is 34.9 Å². The number of hydrogen-bond donors (Lipinski definition) is 3. The van der Waals surface area contributed by atoms with E-state index >= 15 is 0 Å². The number of benzene rings is 1. The number of nitrogens with zero attached hydrogens (tertiary/aromatic N) is 1. The molecule has 1 heterocycles. The molecule has 0 saturated heterocycles. The van der Waals surface area contributed by atoms with Gasteiger partial charge in [-0.2, -0.15) is 0 Å². The lowest BCUT2D eigenvalue weighted by Gasteiger charge is -2.13. The lowest BCUT2D eigenvalue weighted by atomic mass is 9.90. The molecule has 1 fully saturated rings. The predicted octanol–water partition coefficient (Wildman–Crippen LogP) is 3.06. The molecular formula is C23H27N3O5S. The van der Waals surface area contributed by atoms with E-state index in [0.717, 1.165) is 36.8 Å². The molecule has 0 radical (unpaired) electrons. The van der Waals surface area contributed by atoms with Crippen LogP contribution < -0.4 is 10.6 Å². The van der Waals surface area contributed by atoms with E-state index in [2.05, 4.69) is 15.6 Å². The zero-order valence-corrected chi connectivity index (χ0v) is 18.8. The number of carbonyl (C=O) groups excluding carboxylic acids is 3. The zero-order chi connectivity index (χ0) is 23.1. The topological polar surface area (TPSA) is 125 Å². The molecule has 3 rings (SSSR count). The van der Waals surface area contributed by atoms with Crippen molar-refractivity contribution in [2.75, 3.05) is 6.54 Å². The number of hydrogen-bond acceptors (Lipinski definition) is 6. The third-order valence-electron chi connectivity index (χ3n) is 5.42. The zero-order valence-electron chi connectivity index (χ0n) is 18.0. The Morgan fingerprint density at radius 2 is 1.88 bits per heavy atom. The molecule has 0 unspecified atom stereocenters. The van der Waals surface area contributed by atoms with Crippen molar-refractivity contribution in [2.24, 2.45) is 5.92 Å².